The third-order valence-electron chi connectivity index (χ3n) is 3.19. The van der Waals surface area contributed by atoms with Gasteiger partial charge in [0.2, 0.25) is 5.95 Å². The van der Waals surface area contributed by atoms with Crippen LogP contribution in [0.2, 0.25) is 0 Å². The number of benzene rings is 1. The maximum atomic E-state index is 12.8. The van der Waals surface area contributed by atoms with Crippen LogP contribution >= 0.6 is 0 Å². The van der Waals surface area contributed by atoms with Gasteiger partial charge in [-0.3, -0.25) is 4.57 Å². The molecule has 1 aromatic heterocycles. The van der Waals surface area contributed by atoms with E-state index in [9.17, 15) is 13.2 Å². The summed E-state index contributed by atoms with van der Waals surface area (Å²) < 4.78 is 40.0. The second kappa shape index (κ2) is 4.54. The zero-order valence-corrected chi connectivity index (χ0v) is 10.9. The standard InChI is InChI=1S/C14H14F3N3/c1-9-8-20(13(18-9)19-11-5-6-11)12-4-2-3-10(7-12)14(15,16)17/h2-4,7-8,11H,5-6H2,1H3,(H,18,19). The monoisotopic (exact) mass is 281 g/mol. The molecule has 6 heteroatoms. The highest BCUT2D eigenvalue weighted by atomic mass is 19.4. The molecule has 0 spiro atoms. The zero-order chi connectivity index (χ0) is 14.3. The SMILES string of the molecule is Cc1cn(-c2cccc(C(F)(F)F)c2)c(NC2CC2)n1. The van der Waals surface area contributed by atoms with Crippen LogP contribution in [-0.4, -0.2) is 15.6 Å². The van der Waals surface area contributed by atoms with Crippen LogP contribution in [0.4, 0.5) is 19.1 Å². The van der Waals surface area contributed by atoms with Crippen molar-refractivity contribution in [1.82, 2.24) is 9.55 Å². The van der Waals surface area contributed by atoms with Crippen molar-refractivity contribution in [2.75, 3.05) is 5.32 Å². The van der Waals surface area contributed by atoms with Gasteiger partial charge in [-0.1, -0.05) is 6.07 Å². The highest BCUT2D eigenvalue weighted by Crippen LogP contribution is 2.31. The Morgan fingerprint density at radius 2 is 2.05 bits per heavy atom. The fourth-order valence-electron chi connectivity index (χ4n) is 2.04. The molecule has 1 aliphatic rings. The number of hydrogen-bond acceptors (Lipinski definition) is 2. The molecule has 0 unspecified atom stereocenters. The van der Waals surface area contributed by atoms with Gasteiger partial charge in [0.05, 0.1) is 11.3 Å². The van der Waals surface area contributed by atoms with E-state index < -0.39 is 11.7 Å². The number of alkyl halides is 3. The van der Waals surface area contributed by atoms with E-state index in [2.05, 4.69) is 10.3 Å². The van der Waals surface area contributed by atoms with Crippen molar-refractivity contribution in [2.24, 2.45) is 0 Å². The first-order valence-corrected chi connectivity index (χ1v) is 6.43. The Kier molecular flexibility index (Phi) is 2.96. The van der Waals surface area contributed by atoms with Crippen molar-refractivity contribution >= 4 is 5.95 Å². The van der Waals surface area contributed by atoms with Crippen molar-refractivity contribution in [2.45, 2.75) is 32.0 Å². The van der Waals surface area contributed by atoms with Crippen LogP contribution in [0.1, 0.15) is 24.1 Å². The molecular weight excluding hydrogens is 267 g/mol. The molecule has 0 atom stereocenters. The number of anilines is 1. The van der Waals surface area contributed by atoms with Crippen LogP contribution in [0, 0.1) is 6.92 Å². The number of aromatic nitrogens is 2. The molecule has 1 N–H and O–H groups in total. The van der Waals surface area contributed by atoms with E-state index in [4.69, 9.17) is 0 Å². The predicted octanol–water partition coefficient (Wildman–Crippen LogP) is 3.77. The van der Waals surface area contributed by atoms with Crippen molar-refractivity contribution in [3.8, 4) is 5.69 Å². The molecule has 1 fully saturated rings. The number of halogens is 3. The van der Waals surface area contributed by atoms with E-state index in [0.717, 1.165) is 30.7 Å². The summed E-state index contributed by atoms with van der Waals surface area (Å²) in [4.78, 5) is 4.33. The number of imidazole rings is 1. The highest BCUT2D eigenvalue weighted by molar-refractivity contribution is 5.46. The summed E-state index contributed by atoms with van der Waals surface area (Å²) >= 11 is 0. The van der Waals surface area contributed by atoms with E-state index in [1.165, 1.54) is 6.07 Å². The Morgan fingerprint density at radius 3 is 2.70 bits per heavy atom. The summed E-state index contributed by atoms with van der Waals surface area (Å²) in [6, 6.07) is 5.66. The predicted molar refractivity (Wildman–Crippen MR) is 69.9 cm³/mol. The summed E-state index contributed by atoms with van der Waals surface area (Å²) in [5.41, 5.74) is 0.577. The number of nitrogens with one attached hydrogen (secondary N) is 1. The number of aryl methyl sites for hydroxylation is 1. The lowest BCUT2D eigenvalue weighted by Crippen LogP contribution is -2.09. The van der Waals surface area contributed by atoms with E-state index >= 15 is 0 Å². The topological polar surface area (TPSA) is 29.9 Å². The fraction of sp³-hybridized carbons (Fsp3) is 0.357. The molecule has 0 radical (unpaired) electrons. The summed E-state index contributed by atoms with van der Waals surface area (Å²) in [5.74, 6) is 0.601. The minimum absolute atomic E-state index is 0.390. The molecule has 0 aliphatic heterocycles. The third kappa shape index (κ3) is 2.64. The van der Waals surface area contributed by atoms with E-state index in [-0.39, 0.29) is 0 Å². The summed E-state index contributed by atoms with van der Waals surface area (Å²) in [6.45, 7) is 1.82. The molecule has 0 bridgehead atoms. The van der Waals surface area contributed by atoms with Gasteiger partial charge >= 0.3 is 6.18 Å². The average Bonchev–Trinajstić information content (AvgIpc) is 3.11. The first kappa shape index (κ1) is 13.0. The Balaban J connectivity index is 1.99. The van der Waals surface area contributed by atoms with Gasteiger partial charge in [-0.25, -0.2) is 4.98 Å². The third-order valence-corrected chi connectivity index (χ3v) is 3.19. The second-order valence-electron chi connectivity index (χ2n) is 5.04. The number of rotatable bonds is 3. The Labute approximate surface area is 114 Å². The van der Waals surface area contributed by atoms with Crippen molar-refractivity contribution in [3.05, 3.63) is 41.7 Å². The van der Waals surface area contributed by atoms with Gasteiger partial charge in [0.1, 0.15) is 0 Å². The van der Waals surface area contributed by atoms with E-state index in [1.54, 1.807) is 16.8 Å². The molecule has 0 saturated heterocycles. The number of hydrogen-bond donors (Lipinski definition) is 1. The molecule has 106 valence electrons. The molecule has 3 nitrogen and oxygen atoms in total. The van der Waals surface area contributed by atoms with Crippen LogP contribution in [0.3, 0.4) is 0 Å². The largest absolute Gasteiger partial charge is 0.416 e. The highest BCUT2D eigenvalue weighted by Gasteiger charge is 2.31. The maximum absolute atomic E-state index is 12.8. The molecule has 1 aromatic carbocycles. The first-order valence-electron chi connectivity index (χ1n) is 6.43. The lowest BCUT2D eigenvalue weighted by molar-refractivity contribution is -0.137. The quantitative estimate of drug-likeness (QED) is 0.928. The number of nitrogens with zero attached hydrogens (tertiary/aromatic N) is 2. The Bertz CT molecular complexity index is 627. The summed E-state index contributed by atoms with van der Waals surface area (Å²) in [6.07, 6.45) is -0.446. The molecule has 0 amide bonds. The molecule has 1 aliphatic carbocycles. The smallest absolute Gasteiger partial charge is 0.353 e. The van der Waals surface area contributed by atoms with Gasteiger partial charge in [0.15, 0.2) is 0 Å². The molecule has 1 heterocycles. The van der Waals surface area contributed by atoms with Gasteiger partial charge in [0, 0.05) is 17.9 Å². The molecule has 3 rings (SSSR count). The van der Waals surface area contributed by atoms with Crippen LogP contribution in [0.25, 0.3) is 5.69 Å². The van der Waals surface area contributed by atoms with Crippen LogP contribution in [-0.2, 0) is 6.18 Å². The lowest BCUT2D eigenvalue weighted by atomic mass is 10.2. The van der Waals surface area contributed by atoms with Crippen LogP contribution in [0.15, 0.2) is 30.5 Å². The molecule has 2 aromatic rings. The molecular formula is C14H14F3N3. The van der Waals surface area contributed by atoms with Crippen molar-refractivity contribution < 1.29 is 13.2 Å². The lowest BCUT2D eigenvalue weighted by Gasteiger charge is -2.12. The average molecular weight is 281 g/mol. The van der Waals surface area contributed by atoms with Crippen molar-refractivity contribution in [1.29, 1.82) is 0 Å². The van der Waals surface area contributed by atoms with Gasteiger partial charge in [0.25, 0.3) is 0 Å². The van der Waals surface area contributed by atoms with E-state index in [0.29, 0.717) is 17.7 Å². The van der Waals surface area contributed by atoms with Gasteiger partial charge in [-0.05, 0) is 38.0 Å². The van der Waals surface area contributed by atoms with Crippen molar-refractivity contribution in [3.63, 3.8) is 0 Å². The molecule has 20 heavy (non-hydrogen) atoms. The minimum Gasteiger partial charge on any atom is -0.353 e. The fourth-order valence-corrected chi connectivity index (χ4v) is 2.04. The van der Waals surface area contributed by atoms with Crippen LogP contribution < -0.4 is 5.32 Å². The first-order chi connectivity index (χ1) is 9.43. The summed E-state index contributed by atoms with van der Waals surface area (Å²) in [7, 11) is 0. The minimum atomic E-state index is -4.34. The van der Waals surface area contributed by atoms with Crippen LogP contribution in [0.5, 0.6) is 0 Å². The Morgan fingerprint density at radius 1 is 1.30 bits per heavy atom. The van der Waals surface area contributed by atoms with E-state index in [1.807, 2.05) is 6.92 Å². The molecule has 1 saturated carbocycles. The van der Waals surface area contributed by atoms with Gasteiger partial charge in [-0.15, -0.1) is 0 Å². The maximum Gasteiger partial charge on any atom is 0.416 e. The van der Waals surface area contributed by atoms with Gasteiger partial charge in [-0.2, -0.15) is 13.2 Å². The zero-order valence-electron chi connectivity index (χ0n) is 10.9. The van der Waals surface area contributed by atoms with Gasteiger partial charge < -0.3 is 5.32 Å². The second-order valence-corrected chi connectivity index (χ2v) is 5.04. The normalized spacial score (nSPS) is 15.4. The summed E-state index contributed by atoms with van der Waals surface area (Å²) in [5, 5.41) is 3.23. The Hall–Kier alpha value is -1.98.